The minimum Gasteiger partial charge on any atom is -0.317 e. The zero-order chi connectivity index (χ0) is 14.0. The molecule has 2 rings (SSSR count). The van der Waals surface area contributed by atoms with E-state index in [0.29, 0.717) is 0 Å². The van der Waals surface area contributed by atoms with Crippen molar-refractivity contribution in [1.29, 1.82) is 0 Å². The molecule has 1 aliphatic carbocycles. The molecule has 2 nitrogen and oxygen atoms in total. The predicted octanol–water partition coefficient (Wildman–Crippen LogP) is 4.20. The fraction of sp³-hybridized carbons (Fsp3) is 1.00. The predicted molar refractivity (Wildman–Crippen MR) is 88.2 cm³/mol. The van der Waals surface area contributed by atoms with Crippen molar-refractivity contribution in [3.05, 3.63) is 0 Å². The van der Waals surface area contributed by atoms with Crippen molar-refractivity contribution in [2.45, 2.75) is 83.6 Å². The van der Waals surface area contributed by atoms with E-state index >= 15 is 0 Å². The van der Waals surface area contributed by atoms with Crippen LogP contribution in [0.25, 0.3) is 0 Å². The van der Waals surface area contributed by atoms with Gasteiger partial charge in [-0.25, -0.2) is 0 Å². The number of nitrogens with one attached hydrogen (secondary N) is 1. The Morgan fingerprint density at radius 1 is 0.900 bits per heavy atom. The molecule has 1 saturated heterocycles. The molecule has 0 aromatic heterocycles. The zero-order valence-electron chi connectivity index (χ0n) is 13.7. The molecule has 20 heavy (non-hydrogen) atoms. The summed E-state index contributed by atoms with van der Waals surface area (Å²) < 4.78 is 0. The van der Waals surface area contributed by atoms with E-state index in [2.05, 4.69) is 17.1 Å². The van der Waals surface area contributed by atoms with Crippen LogP contribution >= 0.6 is 0 Å². The molecule has 0 bridgehead atoms. The number of fused-ring (bicyclic) bond motifs is 1. The van der Waals surface area contributed by atoms with E-state index in [1.165, 1.54) is 96.8 Å². The van der Waals surface area contributed by atoms with Gasteiger partial charge in [-0.2, -0.15) is 0 Å². The van der Waals surface area contributed by atoms with Crippen LogP contribution in [0.4, 0.5) is 0 Å². The van der Waals surface area contributed by atoms with Gasteiger partial charge in [-0.1, -0.05) is 32.6 Å². The Labute approximate surface area is 126 Å². The van der Waals surface area contributed by atoms with E-state index in [1.807, 2.05) is 0 Å². The van der Waals surface area contributed by atoms with Gasteiger partial charge in [0.05, 0.1) is 0 Å². The van der Waals surface area contributed by atoms with E-state index < -0.39 is 0 Å². The minimum absolute atomic E-state index is 0.962. The molecule has 0 amide bonds. The van der Waals surface area contributed by atoms with Gasteiger partial charge in [-0.05, 0) is 77.0 Å². The third kappa shape index (κ3) is 5.37. The molecule has 2 atom stereocenters. The van der Waals surface area contributed by atoms with Crippen molar-refractivity contribution in [2.75, 3.05) is 26.2 Å². The van der Waals surface area contributed by atoms with Crippen molar-refractivity contribution < 1.29 is 0 Å². The molecule has 1 saturated carbocycles. The minimum atomic E-state index is 0.962. The Morgan fingerprint density at radius 3 is 2.60 bits per heavy atom. The fourth-order valence-electron chi connectivity index (χ4n) is 4.23. The summed E-state index contributed by atoms with van der Waals surface area (Å²) in [5, 5.41) is 3.50. The lowest BCUT2D eigenvalue weighted by atomic mass is 9.78. The lowest BCUT2D eigenvalue weighted by molar-refractivity contribution is 0.0595. The fourth-order valence-corrected chi connectivity index (χ4v) is 4.23. The highest BCUT2D eigenvalue weighted by molar-refractivity contribution is 4.87. The quantitative estimate of drug-likeness (QED) is 0.637. The first-order valence-corrected chi connectivity index (χ1v) is 9.36. The lowest BCUT2D eigenvalue weighted by Crippen LogP contribution is -2.47. The van der Waals surface area contributed by atoms with Crippen LogP contribution in [0.3, 0.4) is 0 Å². The van der Waals surface area contributed by atoms with Gasteiger partial charge in [0.15, 0.2) is 0 Å². The number of piperidine rings is 1. The molecular formula is C18H36N2. The number of hydrogen-bond acceptors (Lipinski definition) is 2. The smallest absolute Gasteiger partial charge is 0.0123 e. The number of hydrogen-bond donors (Lipinski definition) is 1. The van der Waals surface area contributed by atoms with Crippen LogP contribution in [-0.2, 0) is 0 Å². The maximum absolute atomic E-state index is 3.50. The molecule has 0 radical (unpaired) electrons. The van der Waals surface area contributed by atoms with Gasteiger partial charge in [-0.3, -0.25) is 0 Å². The Balaban J connectivity index is 1.52. The van der Waals surface area contributed by atoms with Crippen LogP contribution in [0, 0.1) is 5.92 Å². The van der Waals surface area contributed by atoms with Crippen LogP contribution in [-0.4, -0.2) is 37.1 Å². The average Bonchev–Trinajstić information content (AvgIpc) is 2.50. The SMILES string of the molecule is CCCNCCCCCCN1CCC[C@H]2CCCC[C@H]21. The van der Waals surface area contributed by atoms with E-state index in [-0.39, 0.29) is 0 Å². The molecule has 1 N–H and O–H groups in total. The second-order valence-electron chi connectivity index (χ2n) is 6.95. The van der Waals surface area contributed by atoms with Crippen LogP contribution < -0.4 is 5.32 Å². The summed E-state index contributed by atoms with van der Waals surface area (Å²) in [6.07, 6.45) is 15.9. The Kier molecular flexibility index (Phi) is 7.97. The largest absolute Gasteiger partial charge is 0.317 e. The molecule has 118 valence electrons. The maximum atomic E-state index is 3.50. The van der Waals surface area contributed by atoms with Gasteiger partial charge >= 0.3 is 0 Å². The van der Waals surface area contributed by atoms with Gasteiger partial charge < -0.3 is 10.2 Å². The van der Waals surface area contributed by atoms with Gasteiger partial charge in [0.25, 0.3) is 0 Å². The molecule has 0 spiro atoms. The molecule has 0 unspecified atom stereocenters. The van der Waals surface area contributed by atoms with Crippen LogP contribution in [0.15, 0.2) is 0 Å². The number of nitrogens with zero attached hydrogens (tertiary/aromatic N) is 1. The van der Waals surface area contributed by atoms with E-state index in [9.17, 15) is 0 Å². The highest BCUT2D eigenvalue weighted by atomic mass is 15.2. The van der Waals surface area contributed by atoms with Gasteiger partial charge in [0.2, 0.25) is 0 Å². The van der Waals surface area contributed by atoms with Crippen molar-refractivity contribution in [3.8, 4) is 0 Å². The Bertz CT molecular complexity index is 240. The molecule has 2 fully saturated rings. The number of unbranched alkanes of at least 4 members (excludes halogenated alkanes) is 3. The summed E-state index contributed by atoms with van der Waals surface area (Å²) in [7, 11) is 0. The highest BCUT2D eigenvalue weighted by Crippen LogP contribution is 2.35. The van der Waals surface area contributed by atoms with Crippen molar-refractivity contribution in [3.63, 3.8) is 0 Å². The van der Waals surface area contributed by atoms with E-state index in [4.69, 9.17) is 0 Å². The van der Waals surface area contributed by atoms with E-state index in [0.717, 1.165) is 12.0 Å². The summed E-state index contributed by atoms with van der Waals surface area (Å²) in [4.78, 5) is 2.85. The summed E-state index contributed by atoms with van der Waals surface area (Å²) in [6.45, 7) is 7.42. The monoisotopic (exact) mass is 280 g/mol. The third-order valence-corrected chi connectivity index (χ3v) is 5.33. The number of rotatable bonds is 9. The van der Waals surface area contributed by atoms with Gasteiger partial charge in [-0.15, -0.1) is 0 Å². The molecule has 1 aliphatic heterocycles. The van der Waals surface area contributed by atoms with Gasteiger partial charge in [0.1, 0.15) is 0 Å². The highest BCUT2D eigenvalue weighted by Gasteiger charge is 2.32. The summed E-state index contributed by atoms with van der Waals surface area (Å²) in [6, 6.07) is 0.962. The van der Waals surface area contributed by atoms with Crippen LogP contribution in [0.2, 0.25) is 0 Å². The first-order valence-electron chi connectivity index (χ1n) is 9.36. The number of likely N-dealkylation sites (tertiary alicyclic amines) is 1. The molecule has 0 aromatic carbocycles. The Morgan fingerprint density at radius 2 is 1.70 bits per heavy atom. The first kappa shape index (κ1) is 16.3. The maximum Gasteiger partial charge on any atom is 0.0123 e. The van der Waals surface area contributed by atoms with Crippen molar-refractivity contribution in [2.24, 2.45) is 5.92 Å². The molecule has 2 aliphatic rings. The average molecular weight is 280 g/mol. The third-order valence-electron chi connectivity index (χ3n) is 5.33. The summed E-state index contributed by atoms with van der Waals surface area (Å²) >= 11 is 0. The molecule has 0 aromatic rings. The first-order chi connectivity index (χ1) is 9.92. The summed E-state index contributed by atoms with van der Waals surface area (Å²) in [5.74, 6) is 1.05. The second kappa shape index (κ2) is 9.78. The second-order valence-corrected chi connectivity index (χ2v) is 6.95. The topological polar surface area (TPSA) is 15.3 Å². The zero-order valence-corrected chi connectivity index (χ0v) is 13.7. The standard InChI is InChI=1S/C18H36N2/c1-2-13-19-14-7-3-4-8-15-20-16-9-11-17-10-5-6-12-18(17)20/h17-19H,2-16H2,1H3/t17-,18-/m1/s1. The molecule has 2 heteroatoms. The van der Waals surface area contributed by atoms with Crippen molar-refractivity contribution in [1.82, 2.24) is 10.2 Å². The summed E-state index contributed by atoms with van der Waals surface area (Å²) in [5.41, 5.74) is 0. The Hall–Kier alpha value is -0.0800. The molecular weight excluding hydrogens is 244 g/mol. The van der Waals surface area contributed by atoms with E-state index in [1.54, 1.807) is 0 Å². The van der Waals surface area contributed by atoms with Crippen LogP contribution in [0.1, 0.15) is 77.6 Å². The van der Waals surface area contributed by atoms with Crippen molar-refractivity contribution >= 4 is 0 Å². The normalized spacial score (nSPS) is 27.4. The lowest BCUT2D eigenvalue weighted by Gasteiger charge is -2.44. The molecule has 1 heterocycles. The van der Waals surface area contributed by atoms with Crippen LogP contribution in [0.5, 0.6) is 0 Å². The van der Waals surface area contributed by atoms with Gasteiger partial charge in [0, 0.05) is 6.04 Å².